The molecule has 8 nitrogen and oxygen atoms in total. The first-order valence-corrected chi connectivity index (χ1v) is 10.1. The van der Waals surface area contributed by atoms with Gasteiger partial charge in [0.25, 0.3) is 0 Å². The zero-order chi connectivity index (χ0) is 19.9. The predicted octanol–water partition coefficient (Wildman–Crippen LogP) is 1.66. The van der Waals surface area contributed by atoms with Crippen molar-refractivity contribution in [2.75, 3.05) is 24.7 Å². The smallest absolute Gasteiger partial charge is 0.338 e. The first-order valence-electron chi connectivity index (χ1n) is 8.21. The summed E-state index contributed by atoms with van der Waals surface area (Å²) in [5.41, 5.74) is 1.34. The van der Waals surface area contributed by atoms with Gasteiger partial charge in [0.05, 0.1) is 37.2 Å². The molecule has 0 unspecified atom stereocenters. The highest BCUT2D eigenvalue weighted by molar-refractivity contribution is 7.88. The number of carbonyl (C=O) groups is 2. The summed E-state index contributed by atoms with van der Waals surface area (Å²) >= 11 is 0. The minimum absolute atomic E-state index is 0.00507. The van der Waals surface area contributed by atoms with Crippen LogP contribution in [0, 0.1) is 0 Å². The van der Waals surface area contributed by atoms with Gasteiger partial charge in [0.15, 0.2) is 0 Å². The van der Waals surface area contributed by atoms with Gasteiger partial charge in [-0.1, -0.05) is 6.07 Å². The number of amides is 1. The van der Waals surface area contributed by atoms with Crippen molar-refractivity contribution in [1.29, 1.82) is 0 Å². The average molecular weight is 391 g/mol. The number of carbonyl (C=O) groups excluding carboxylic acids is 2. The Labute approximate surface area is 158 Å². The number of pyridine rings is 1. The van der Waals surface area contributed by atoms with Crippen molar-refractivity contribution in [3.05, 3.63) is 59.9 Å². The van der Waals surface area contributed by atoms with Crippen molar-refractivity contribution < 1.29 is 22.7 Å². The fourth-order valence-corrected chi connectivity index (χ4v) is 2.95. The molecule has 0 saturated heterocycles. The van der Waals surface area contributed by atoms with Crippen LogP contribution in [0.5, 0.6) is 0 Å². The van der Waals surface area contributed by atoms with E-state index in [1.165, 1.54) is 12.1 Å². The third kappa shape index (κ3) is 6.46. The summed E-state index contributed by atoms with van der Waals surface area (Å²) in [6.45, 7) is 1.63. The molecule has 0 fully saturated rings. The molecule has 0 aliphatic carbocycles. The van der Waals surface area contributed by atoms with Crippen LogP contribution in [-0.4, -0.2) is 49.0 Å². The van der Waals surface area contributed by atoms with E-state index >= 15 is 0 Å². The Morgan fingerprint density at radius 2 is 1.85 bits per heavy atom. The Balaban J connectivity index is 2.02. The molecule has 2 rings (SSSR count). The molecular formula is C18H21N3O5S. The van der Waals surface area contributed by atoms with Crippen molar-refractivity contribution in [1.82, 2.24) is 9.29 Å². The molecule has 9 heteroatoms. The van der Waals surface area contributed by atoms with Crippen LogP contribution in [0.4, 0.5) is 5.69 Å². The number of rotatable bonds is 8. The predicted molar refractivity (Wildman–Crippen MR) is 101 cm³/mol. The van der Waals surface area contributed by atoms with Gasteiger partial charge in [0, 0.05) is 11.9 Å². The maximum absolute atomic E-state index is 12.3. The quantitative estimate of drug-likeness (QED) is 0.686. The Kier molecular flexibility index (Phi) is 7.03. The maximum Gasteiger partial charge on any atom is 0.338 e. The monoisotopic (exact) mass is 391 g/mol. The molecule has 0 saturated carbocycles. The van der Waals surface area contributed by atoms with E-state index in [1.807, 2.05) is 0 Å². The largest absolute Gasteiger partial charge is 0.462 e. The van der Waals surface area contributed by atoms with Crippen LogP contribution in [-0.2, 0) is 26.1 Å². The molecular weight excluding hydrogens is 370 g/mol. The third-order valence-electron chi connectivity index (χ3n) is 3.53. The van der Waals surface area contributed by atoms with E-state index in [1.54, 1.807) is 43.5 Å². The van der Waals surface area contributed by atoms with Gasteiger partial charge in [0.1, 0.15) is 0 Å². The number of anilines is 1. The van der Waals surface area contributed by atoms with Crippen LogP contribution in [0.3, 0.4) is 0 Å². The lowest BCUT2D eigenvalue weighted by atomic mass is 10.2. The van der Waals surface area contributed by atoms with E-state index in [4.69, 9.17) is 4.74 Å². The van der Waals surface area contributed by atoms with Crippen LogP contribution < -0.4 is 5.32 Å². The lowest BCUT2D eigenvalue weighted by Gasteiger charge is -2.19. The Morgan fingerprint density at radius 3 is 2.41 bits per heavy atom. The Bertz CT molecular complexity index is 883. The molecule has 0 atom stereocenters. The minimum Gasteiger partial charge on any atom is -0.462 e. The summed E-state index contributed by atoms with van der Waals surface area (Å²) in [6, 6.07) is 11.3. The van der Waals surface area contributed by atoms with Crippen molar-refractivity contribution in [3.8, 4) is 0 Å². The summed E-state index contributed by atoms with van der Waals surface area (Å²) in [4.78, 5) is 28.0. The van der Waals surface area contributed by atoms with Gasteiger partial charge in [-0.05, 0) is 43.3 Å². The molecule has 0 radical (unpaired) electrons. The third-order valence-corrected chi connectivity index (χ3v) is 4.73. The summed E-state index contributed by atoms with van der Waals surface area (Å²) in [5.74, 6) is -0.950. The average Bonchev–Trinajstić information content (AvgIpc) is 2.62. The van der Waals surface area contributed by atoms with Gasteiger partial charge >= 0.3 is 5.97 Å². The molecule has 1 aromatic carbocycles. The molecule has 2 aromatic rings. The lowest BCUT2D eigenvalue weighted by molar-refractivity contribution is -0.116. The van der Waals surface area contributed by atoms with Gasteiger partial charge in [-0.2, -0.15) is 4.31 Å². The number of esters is 1. The molecule has 0 bridgehead atoms. The number of hydrogen-bond donors (Lipinski definition) is 1. The van der Waals surface area contributed by atoms with Gasteiger partial charge in [-0.25, -0.2) is 13.2 Å². The molecule has 1 heterocycles. The van der Waals surface area contributed by atoms with Crippen LogP contribution >= 0.6 is 0 Å². The Hall–Kier alpha value is -2.78. The van der Waals surface area contributed by atoms with Crippen LogP contribution in [0.2, 0.25) is 0 Å². The number of ether oxygens (including phenoxy) is 1. The van der Waals surface area contributed by atoms with Crippen molar-refractivity contribution in [3.63, 3.8) is 0 Å². The number of nitrogens with zero attached hydrogens (tertiary/aromatic N) is 2. The van der Waals surface area contributed by atoms with E-state index in [9.17, 15) is 18.0 Å². The zero-order valence-electron chi connectivity index (χ0n) is 15.1. The lowest BCUT2D eigenvalue weighted by Crippen LogP contribution is -2.37. The second kappa shape index (κ2) is 9.24. The van der Waals surface area contributed by atoms with Gasteiger partial charge in [0.2, 0.25) is 15.9 Å². The minimum atomic E-state index is -3.60. The number of hydrogen-bond acceptors (Lipinski definition) is 6. The van der Waals surface area contributed by atoms with Crippen molar-refractivity contribution >= 4 is 27.6 Å². The highest BCUT2D eigenvalue weighted by atomic mass is 32.2. The molecule has 1 amide bonds. The highest BCUT2D eigenvalue weighted by Crippen LogP contribution is 2.12. The normalized spacial score (nSPS) is 11.2. The van der Waals surface area contributed by atoms with E-state index < -0.39 is 21.9 Å². The van der Waals surface area contributed by atoms with Crippen LogP contribution in [0.1, 0.15) is 23.0 Å². The van der Waals surface area contributed by atoms with Crippen LogP contribution in [0.15, 0.2) is 48.7 Å². The van der Waals surface area contributed by atoms with E-state index in [0.29, 0.717) is 16.9 Å². The standard InChI is InChI=1S/C18H21N3O5S/c1-3-26-18(23)14-7-9-15(10-8-14)20-17(22)13-21(27(2,24)25)12-16-6-4-5-11-19-16/h4-11H,3,12-13H2,1-2H3,(H,20,22). The number of sulfonamides is 1. The molecule has 1 aromatic heterocycles. The van der Waals surface area contributed by atoms with Gasteiger partial charge in [-0.3, -0.25) is 9.78 Å². The summed E-state index contributed by atoms with van der Waals surface area (Å²) in [6.07, 6.45) is 2.60. The summed E-state index contributed by atoms with van der Waals surface area (Å²) in [5, 5.41) is 2.61. The number of nitrogens with one attached hydrogen (secondary N) is 1. The number of benzene rings is 1. The highest BCUT2D eigenvalue weighted by Gasteiger charge is 2.21. The van der Waals surface area contributed by atoms with Gasteiger partial charge < -0.3 is 10.1 Å². The summed E-state index contributed by atoms with van der Waals surface area (Å²) in [7, 11) is -3.60. The second-order valence-electron chi connectivity index (χ2n) is 5.70. The first kappa shape index (κ1) is 20.5. The molecule has 0 aliphatic heterocycles. The van der Waals surface area contributed by atoms with Crippen LogP contribution in [0.25, 0.3) is 0 Å². The van der Waals surface area contributed by atoms with E-state index in [-0.39, 0.29) is 19.7 Å². The number of aromatic nitrogens is 1. The van der Waals surface area contributed by atoms with Crippen molar-refractivity contribution in [2.45, 2.75) is 13.5 Å². The fraction of sp³-hybridized carbons (Fsp3) is 0.278. The maximum atomic E-state index is 12.3. The molecule has 0 spiro atoms. The molecule has 144 valence electrons. The van der Waals surface area contributed by atoms with E-state index in [2.05, 4.69) is 10.3 Å². The molecule has 27 heavy (non-hydrogen) atoms. The van der Waals surface area contributed by atoms with Gasteiger partial charge in [-0.15, -0.1) is 0 Å². The zero-order valence-corrected chi connectivity index (χ0v) is 15.9. The fourth-order valence-electron chi connectivity index (χ4n) is 2.23. The summed E-state index contributed by atoms with van der Waals surface area (Å²) < 4.78 is 29.9. The molecule has 0 aliphatic rings. The second-order valence-corrected chi connectivity index (χ2v) is 7.68. The SMILES string of the molecule is CCOC(=O)c1ccc(NC(=O)CN(Cc2ccccn2)S(C)(=O)=O)cc1. The molecule has 1 N–H and O–H groups in total. The topological polar surface area (TPSA) is 106 Å². The van der Waals surface area contributed by atoms with Crippen molar-refractivity contribution in [2.24, 2.45) is 0 Å². The Morgan fingerprint density at radius 1 is 1.15 bits per heavy atom. The van der Waals surface area contributed by atoms with E-state index in [0.717, 1.165) is 10.6 Å². The first-order chi connectivity index (χ1) is 12.8.